The molecule has 20 heavy (non-hydrogen) atoms. The Labute approximate surface area is 118 Å². The third kappa shape index (κ3) is 2.12. The van der Waals surface area contributed by atoms with E-state index in [4.69, 9.17) is 0 Å². The lowest BCUT2D eigenvalue weighted by Gasteiger charge is -2.07. The van der Waals surface area contributed by atoms with Gasteiger partial charge >= 0.3 is 0 Å². The van der Waals surface area contributed by atoms with Crippen LogP contribution in [-0.2, 0) is 10.0 Å². The lowest BCUT2D eigenvalue weighted by atomic mass is 10.6. The lowest BCUT2D eigenvalue weighted by Crippen LogP contribution is -2.17. The van der Waals surface area contributed by atoms with Crippen molar-refractivity contribution in [1.82, 2.24) is 19.4 Å². The summed E-state index contributed by atoms with van der Waals surface area (Å²) in [6.07, 6.45) is 4.68. The second-order valence-corrected chi connectivity index (χ2v) is 6.37. The minimum atomic E-state index is -3.79. The van der Waals surface area contributed by atoms with Gasteiger partial charge in [0.15, 0.2) is 10.8 Å². The molecule has 3 aromatic rings. The summed E-state index contributed by atoms with van der Waals surface area (Å²) in [5, 5.41) is 4.82. The van der Waals surface area contributed by atoms with Crippen LogP contribution in [0.15, 0.2) is 29.0 Å². The number of aromatic nitrogens is 4. The van der Waals surface area contributed by atoms with Crippen LogP contribution in [0.25, 0.3) is 4.96 Å². The Morgan fingerprint density at radius 3 is 3.05 bits per heavy atom. The van der Waals surface area contributed by atoms with E-state index >= 15 is 0 Å². The number of fused-ring (bicyclic) bond motifs is 1. The molecule has 0 unspecified atom stereocenters. The second kappa shape index (κ2) is 4.80. The van der Waals surface area contributed by atoms with Crippen LogP contribution in [0.3, 0.4) is 0 Å². The maximum Gasteiger partial charge on any atom is 0.284 e. The number of H-pyrrole nitrogens is 1. The normalized spacial score (nSPS) is 11.8. The molecule has 0 fully saturated rings. The van der Waals surface area contributed by atoms with Crippen LogP contribution < -0.4 is 10.0 Å². The van der Waals surface area contributed by atoms with E-state index in [1.54, 1.807) is 17.8 Å². The van der Waals surface area contributed by atoms with Crippen LogP contribution in [0.4, 0.5) is 11.8 Å². The van der Waals surface area contributed by atoms with Crippen LogP contribution in [0.5, 0.6) is 0 Å². The van der Waals surface area contributed by atoms with E-state index in [2.05, 4.69) is 25.0 Å². The van der Waals surface area contributed by atoms with Crippen LogP contribution in [-0.4, -0.2) is 34.3 Å². The first-order chi connectivity index (χ1) is 9.62. The van der Waals surface area contributed by atoms with Crippen LogP contribution in [0.2, 0.25) is 0 Å². The molecule has 3 rings (SSSR count). The van der Waals surface area contributed by atoms with E-state index in [1.165, 1.54) is 21.9 Å². The van der Waals surface area contributed by atoms with Gasteiger partial charge in [-0.05, 0) is 6.92 Å². The minimum absolute atomic E-state index is 0.0759. The van der Waals surface area contributed by atoms with E-state index in [1.807, 2.05) is 6.92 Å². The number of anilines is 2. The molecule has 3 N–H and O–H groups in total. The quantitative estimate of drug-likeness (QED) is 0.659. The fourth-order valence-electron chi connectivity index (χ4n) is 1.80. The predicted molar refractivity (Wildman–Crippen MR) is 76.6 cm³/mol. The smallest absolute Gasteiger partial charge is 0.284 e. The average molecular weight is 312 g/mol. The molecule has 0 bridgehead atoms. The van der Waals surface area contributed by atoms with Crippen molar-refractivity contribution in [2.24, 2.45) is 0 Å². The summed E-state index contributed by atoms with van der Waals surface area (Å²) in [7, 11) is -3.79. The Balaban J connectivity index is 2.11. The maximum absolute atomic E-state index is 12.5. The SMILES string of the molecule is CCNc1nc2sccn2c1S(=O)(=O)Nc1ncc[nH]1. The molecule has 0 aromatic carbocycles. The summed E-state index contributed by atoms with van der Waals surface area (Å²) < 4.78 is 28.9. The number of thiazole rings is 1. The molecule has 0 aliphatic heterocycles. The van der Waals surface area contributed by atoms with Crippen molar-refractivity contribution >= 4 is 38.1 Å². The molecule has 3 heterocycles. The fraction of sp³-hybridized carbons (Fsp3) is 0.200. The molecule has 0 saturated heterocycles. The molecule has 106 valence electrons. The first kappa shape index (κ1) is 12.9. The monoisotopic (exact) mass is 312 g/mol. The van der Waals surface area contributed by atoms with Crippen molar-refractivity contribution in [3.8, 4) is 0 Å². The standard InChI is InChI=1S/C10H12N6O2S2/c1-2-11-7-8(16-5-6-19-10(16)14-7)20(17,18)15-9-12-3-4-13-9/h3-6,11H,2H2,1H3,(H2,12,13,15). The predicted octanol–water partition coefficient (Wildman–Crippen LogP) is 1.35. The second-order valence-electron chi connectivity index (χ2n) is 3.89. The third-order valence-corrected chi connectivity index (χ3v) is 4.66. The van der Waals surface area contributed by atoms with Crippen molar-refractivity contribution in [1.29, 1.82) is 0 Å². The van der Waals surface area contributed by atoms with Gasteiger partial charge in [0.25, 0.3) is 10.0 Å². The molecule has 0 saturated carbocycles. The highest BCUT2D eigenvalue weighted by Gasteiger charge is 2.26. The van der Waals surface area contributed by atoms with Crippen molar-refractivity contribution in [2.45, 2.75) is 11.9 Å². The van der Waals surface area contributed by atoms with Crippen LogP contribution in [0.1, 0.15) is 6.92 Å². The summed E-state index contributed by atoms with van der Waals surface area (Å²) in [6.45, 7) is 2.46. The summed E-state index contributed by atoms with van der Waals surface area (Å²) in [5.74, 6) is 0.496. The number of nitrogens with one attached hydrogen (secondary N) is 3. The van der Waals surface area contributed by atoms with Gasteiger partial charge in [0.1, 0.15) is 0 Å². The zero-order chi connectivity index (χ0) is 14.2. The van der Waals surface area contributed by atoms with Gasteiger partial charge in [-0.2, -0.15) is 8.42 Å². The van der Waals surface area contributed by atoms with Crippen LogP contribution >= 0.6 is 11.3 Å². The number of sulfonamides is 1. The topological polar surface area (TPSA) is 104 Å². The highest BCUT2D eigenvalue weighted by atomic mass is 32.2. The molecule has 0 aliphatic rings. The number of hydrogen-bond acceptors (Lipinski definition) is 6. The maximum atomic E-state index is 12.5. The summed E-state index contributed by atoms with van der Waals surface area (Å²) in [5.41, 5.74) is 0. The molecule has 0 amide bonds. The summed E-state index contributed by atoms with van der Waals surface area (Å²) >= 11 is 1.37. The summed E-state index contributed by atoms with van der Waals surface area (Å²) in [4.78, 5) is 11.5. The molecular weight excluding hydrogens is 300 g/mol. The van der Waals surface area contributed by atoms with Crippen molar-refractivity contribution in [3.63, 3.8) is 0 Å². The zero-order valence-corrected chi connectivity index (χ0v) is 12.1. The van der Waals surface area contributed by atoms with Crippen molar-refractivity contribution in [2.75, 3.05) is 16.6 Å². The number of rotatable bonds is 5. The molecule has 0 radical (unpaired) electrons. The Bertz CT molecular complexity index is 817. The lowest BCUT2D eigenvalue weighted by molar-refractivity contribution is 0.596. The van der Waals surface area contributed by atoms with E-state index in [-0.39, 0.29) is 11.0 Å². The largest absolute Gasteiger partial charge is 0.368 e. The fourth-order valence-corrected chi connectivity index (χ4v) is 3.81. The summed E-state index contributed by atoms with van der Waals surface area (Å²) in [6, 6.07) is 0. The Morgan fingerprint density at radius 1 is 1.50 bits per heavy atom. The van der Waals surface area contributed by atoms with Gasteiger partial charge in [-0.1, -0.05) is 0 Å². The molecule has 3 aromatic heterocycles. The van der Waals surface area contributed by atoms with E-state index < -0.39 is 10.0 Å². The highest BCUT2D eigenvalue weighted by molar-refractivity contribution is 7.92. The highest BCUT2D eigenvalue weighted by Crippen LogP contribution is 2.26. The van der Waals surface area contributed by atoms with Gasteiger partial charge in [0.2, 0.25) is 11.0 Å². The van der Waals surface area contributed by atoms with Crippen LogP contribution in [0, 0.1) is 0 Å². The van der Waals surface area contributed by atoms with Crippen molar-refractivity contribution < 1.29 is 8.42 Å². The van der Waals surface area contributed by atoms with E-state index in [0.717, 1.165) is 0 Å². The molecular formula is C10H12N6O2S2. The molecule has 10 heteroatoms. The third-order valence-electron chi connectivity index (χ3n) is 2.55. The van der Waals surface area contributed by atoms with Gasteiger partial charge in [0, 0.05) is 30.5 Å². The number of nitrogens with zero attached hydrogens (tertiary/aromatic N) is 3. The number of aromatic amines is 1. The first-order valence-corrected chi connectivity index (χ1v) is 8.19. The van der Waals surface area contributed by atoms with Gasteiger partial charge in [-0.15, -0.1) is 11.3 Å². The number of hydrogen-bond donors (Lipinski definition) is 3. The molecule has 8 nitrogen and oxygen atoms in total. The van der Waals surface area contributed by atoms with Crippen molar-refractivity contribution in [3.05, 3.63) is 24.0 Å². The minimum Gasteiger partial charge on any atom is -0.368 e. The zero-order valence-electron chi connectivity index (χ0n) is 10.5. The average Bonchev–Trinajstić information content (AvgIpc) is 3.04. The van der Waals surface area contributed by atoms with E-state index in [0.29, 0.717) is 17.3 Å². The Morgan fingerprint density at radius 2 is 2.35 bits per heavy atom. The number of imidazole rings is 2. The van der Waals surface area contributed by atoms with Gasteiger partial charge in [-0.3, -0.25) is 4.40 Å². The first-order valence-electron chi connectivity index (χ1n) is 5.83. The molecule has 0 atom stereocenters. The van der Waals surface area contributed by atoms with E-state index in [9.17, 15) is 8.42 Å². The Hall–Kier alpha value is -2.07. The van der Waals surface area contributed by atoms with Gasteiger partial charge < -0.3 is 10.3 Å². The molecule has 0 spiro atoms. The van der Waals surface area contributed by atoms with Gasteiger partial charge in [0.05, 0.1) is 0 Å². The molecule has 0 aliphatic carbocycles. The Kier molecular flexibility index (Phi) is 3.10. The van der Waals surface area contributed by atoms with Gasteiger partial charge in [-0.25, -0.2) is 14.7 Å².